The Labute approximate surface area is 145 Å². The SMILES string of the molecule is CCCCCCCCCCCCCCCCC1(N)C=CC=CC1. The van der Waals surface area contributed by atoms with Gasteiger partial charge in [-0.1, -0.05) is 121 Å². The Balaban J connectivity index is 1.76. The third kappa shape index (κ3) is 11.6. The van der Waals surface area contributed by atoms with Crippen molar-refractivity contribution in [2.75, 3.05) is 0 Å². The quantitative estimate of drug-likeness (QED) is 0.321. The average molecular weight is 320 g/mol. The van der Waals surface area contributed by atoms with Crippen LogP contribution in [0.3, 0.4) is 0 Å². The van der Waals surface area contributed by atoms with Gasteiger partial charge in [-0.25, -0.2) is 0 Å². The Hall–Kier alpha value is -0.560. The predicted octanol–water partition coefficient (Wildman–Crippen LogP) is 7.07. The number of hydrogen-bond acceptors (Lipinski definition) is 1. The highest BCUT2D eigenvalue weighted by molar-refractivity contribution is 5.19. The maximum absolute atomic E-state index is 6.37. The fraction of sp³-hybridized carbons (Fsp3) is 0.818. The smallest absolute Gasteiger partial charge is 0.0377 e. The van der Waals surface area contributed by atoms with Crippen molar-refractivity contribution in [1.29, 1.82) is 0 Å². The van der Waals surface area contributed by atoms with Crippen LogP contribution in [0.4, 0.5) is 0 Å². The summed E-state index contributed by atoms with van der Waals surface area (Å²) in [4.78, 5) is 0. The molecule has 0 saturated carbocycles. The summed E-state index contributed by atoms with van der Waals surface area (Å²) in [5.74, 6) is 0. The maximum Gasteiger partial charge on any atom is 0.0377 e. The van der Waals surface area contributed by atoms with E-state index in [4.69, 9.17) is 5.73 Å². The number of nitrogens with two attached hydrogens (primary N) is 1. The highest BCUT2D eigenvalue weighted by Crippen LogP contribution is 2.22. The molecular formula is C22H41N. The molecule has 0 bridgehead atoms. The van der Waals surface area contributed by atoms with E-state index in [1.807, 2.05) is 0 Å². The van der Waals surface area contributed by atoms with Crippen LogP contribution in [-0.2, 0) is 0 Å². The minimum Gasteiger partial charge on any atom is -0.322 e. The molecular weight excluding hydrogens is 278 g/mol. The van der Waals surface area contributed by atoms with Gasteiger partial charge < -0.3 is 5.73 Å². The monoisotopic (exact) mass is 319 g/mol. The van der Waals surface area contributed by atoms with Gasteiger partial charge in [-0.15, -0.1) is 0 Å². The lowest BCUT2D eigenvalue weighted by Gasteiger charge is -2.26. The second-order valence-corrected chi connectivity index (χ2v) is 7.57. The van der Waals surface area contributed by atoms with E-state index in [9.17, 15) is 0 Å². The van der Waals surface area contributed by atoms with E-state index >= 15 is 0 Å². The first-order valence-electron chi connectivity index (χ1n) is 10.4. The fourth-order valence-corrected chi connectivity index (χ4v) is 3.52. The molecule has 1 atom stereocenters. The molecule has 1 rings (SSSR count). The van der Waals surface area contributed by atoms with E-state index in [1.165, 1.54) is 89.9 Å². The van der Waals surface area contributed by atoms with Crippen molar-refractivity contribution in [3.63, 3.8) is 0 Å². The van der Waals surface area contributed by atoms with Gasteiger partial charge in [-0.05, 0) is 12.8 Å². The zero-order valence-electron chi connectivity index (χ0n) is 15.7. The van der Waals surface area contributed by atoms with E-state index in [0.29, 0.717) is 0 Å². The van der Waals surface area contributed by atoms with E-state index < -0.39 is 0 Å². The Morgan fingerprint density at radius 2 is 1.17 bits per heavy atom. The molecule has 0 amide bonds. The highest BCUT2D eigenvalue weighted by atomic mass is 14.7. The minimum absolute atomic E-state index is 0.0497. The lowest BCUT2D eigenvalue weighted by molar-refractivity contribution is 0.449. The first-order chi connectivity index (χ1) is 11.3. The summed E-state index contributed by atoms with van der Waals surface area (Å²) in [5.41, 5.74) is 6.32. The molecule has 23 heavy (non-hydrogen) atoms. The van der Waals surface area contributed by atoms with Crippen molar-refractivity contribution in [3.8, 4) is 0 Å². The zero-order chi connectivity index (χ0) is 16.6. The summed E-state index contributed by atoms with van der Waals surface area (Å²) >= 11 is 0. The van der Waals surface area contributed by atoms with Crippen LogP contribution in [0.15, 0.2) is 24.3 Å². The van der Waals surface area contributed by atoms with E-state index in [-0.39, 0.29) is 5.54 Å². The van der Waals surface area contributed by atoms with Crippen LogP contribution < -0.4 is 5.73 Å². The first kappa shape index (κ1) is 20.5. The fourth-order valence-electron chi connectivity index (χ4n) is 3.52. The molecule has 1 aliphatic rings. The molecule has 134 valence electrons. The summed E-state index contributed by atoms with van der Waals surface area (Å²) in [6, 6.07) is 0. The van der Waals surface area contributed by atoms with Gasteiger partial charge in [0.2, 0.25) is 0 Å². The molecule has 0 fully saturated rings. The largest absolute Gasteiger partial charge is 0.322 e. The summed E-state index contributed by atoms with van der Waals surface area (Å²) in [6.45, 7) is 2.29. The second-order valence-electron chi connectivity index (χ2n) is 7.57. The number of rotatable bonds is 15. The third-order valence-electron chi connectivity index (χ3n) is 5.17. The summed E-state index contributed by atoms with van der Waals surface area (Å²) < 4.78 is 0. The zero-order valence-corrected chi connectivity index (χ0v) is 15.7. The normalized spacial score (nSPS) is 20.3. The number of unbranched alkanes of at least 4 members (excludes halogenated alkanes) is 13. The van der Waals surface area contributed by atoms with Crippen LogP contribution in [0.2, 0.25) is 0 Å². The molecule has 0 spiro atoms. The van der Waals surface area contributed by atoms with E-state index in [0.717, 1.165) is 12.8 Å². The Kier molecular flexibility index (Phi) is 12.3. The molecule has 0 heterocycles. The van der Waals surface area contributed by atoms with Gasteiger partial charge in [0, 0.05) is 5.54 Å². The number of allylic oxidation sites excluding steroid dienone is 2. The van der Waals surface area contributed by atoms with Gasteiger partial charge in [0.1, 0.15) is 0 Å². The van der Waals surface area contributed by atoms with Crippen molar-refractivity contribution in [2.24, 2.45) is 5.73 Å². The van der Waals surface area contributed by atoms with Crippen molar-refractivity contribution < 1.29 is 0 Å². The second kappa shape index (κ2) is 13.8. The highest BCUT2D eigenvalue weighted by Gasteiger charge is 2.20. The van der Waals surface area contributed by atoms with Crippen molar-refractivity contribution in [1.82, 2.24) is 0 Å². The summed E-state index contributed by atoms with van der Waals surface area (Å²) in [6.07, 6.45) is 30.6. The molecule has 0 aromatic rings. The summed E-state index contributed by atoms with van der Waals surface area (Å²) in [7, 11) is 0. The van der Waals surface area contributed by atoms with Crippen LogP contribution in [0.1, 0.15) is 110 Å². The molecule has 0 aromatic carbocycles. The Morgan fingerprint density at radius 3 is 1.61 bits per heavy atom. The first-order valence-corrected chi connectivity index (χ1v) is 10.4. The van der Waals surface area contributed by atoms with Gasteiger partial charge >= 0.3 is 0 Å². The Morgan fingerprint density at radius 1 is 0.696 bits per heavy atom. The van der Waals surface area contributed by atoms with E-state index in [1.54, 1.807) is 0 Å². The topological polar surface area (TPSA) is 26.0 Å². The van der Waals surface area contributed by atoms with Gasteiger partial charge in [0.05, 0.1) is 0 Å². The predicted molar refractivity (Wildman–Crippen MR) is 105 cm³/mol. The van der Waals surface area contributed by atoms with Crippen molar-refractivity contribution in [3.05, 3.63) is 24.3 Å². The average Bonchev–Trinajstić information content (AvgIpc) is 2.56. The van der Waals surface area contributed by atoms with Crippen molar-refractivity contribution >= 4 is 0 Å². The molecule has 0 radical (unpaired) electrons. The molecule has 1 unspecified atom stereocenters. The minimum atomic E-state index is -0.0497. The molecule has 1 nitrogen and oxygen atoms in total. The molecule has 1 aliphatic carbocycles. The van der Waals surface area contributed by atoms with E-state index in [2.05, 4.69) is 31.2 Å². The van der Waals surface area contributed by atoms with Gasteiger partial charge in [-0.3, -0.25) is 0 Å². The maximum atomic E-state index is 6.37. The van der Waals surface area contributed by atoms with Gasteiger partial charge in [0.15, 0.2) is 0 Å². The van der Waals surface area contributed by atoms with Crippen LogP contribution in [0.25, 0.3) is 0 Å². The van der Waals surface area contributed by atoms with Crippen molar-refractivity contribution in [2.45, 2.75) is 115 Å². The molecule has 1 heteroatoms. The third-order valence-corrected chi connectivity index (χ3v) is 5.17. The number of hydrogen-bond donors (Lipinski definition) is 1. The van der Waals surface area contributed by atoms with Crippen LogP contribution in [0, 0.1) is 0 Å². The Bertz CT molecular complexity index is 318. The lowest BCUT2D eigenvalue weighted by Crippen LogP contribution is -2.37. The molecule has 2 N–H and O–H groups in total. The molecule has 0 aromatic heterocycles. The standard InChI is InChI=1S/C22H41N/c1-2-3-4-5-6-7-8-9-10-11-12-13-14-16-19-22(23)20-17-15-18-21-22/h15,17-18,20H,2-14,16,19,21,23H2,1H3. The lowest BCUT2D eigenvalue weighted by atomic mass is 9.87. The van der Waals surface area contributed by atoms with Gasteiger partial charge in [-0.2, -0.15) is 0 Å². The summed E-state index contributed by atoms with van der Waals surface area (Å²) in [5, 5.41) is 0. The van der Waals surface area contributed by atoms with Crippen LogP contribution in [-0.4, -0.2) is 5.54 Å². The van der Waals surface area contributed by atoms with Gasteiger partial charge in [0.25, 0.3) is 0 Å². The van der Waals surface area contributed by atoms with Crippen LogP contribution in [0.5, 0.6) is 0 Å². The van der Waals surface area contributed by atoms with Crippen LogP contribution >= 0.6 is 0 Å². The molecule has 0 saturated heterocycles. The molecule has 0 aliphatic heterocycles.